The fraction of sp³-hybridized carbons (Fsp3) is 0.409. The summed E-state index contributed by atoms with van der Waals surface area (Å²) in [5.74, 6) is 0.0311. The molecule has 2 aromatic carbocycles. The maximum Gasteiger partial charge on any atom is 0.238 e. The molecule has 4 nitrogen and oxygen atoms in total. The molecule has 0 radical (unpaired) electrons. The molecule has 0 spiro atoms. The van der Waals surface area contributed by atoms with E-state index in [1.807, 2.05) is 30.3 Å². The Hall–Kier alpha value is -2.33. The largest absolute Gasteiger partial charge is 0.372 e. The Morgan fingerprint density at radius 2 is 1.69 bits per heavy atom. The second kappa shape index (κ2) is 8.86. The molecule has 0 aromatic heterocycles. The van der Waals surface area contributed by atoms with Crippen LogP contribution in [0.25, 0.3) is 0 Å². The van der Waals surface area contributed by atoms with Gasteiger partial charge in [0.15, 0.2) is 0 Å². The summed E-state index contributed by atoms with van der Waals surface area (Å²) >= 11 is 0. The molecule has 0 aliphatic carbocycles. The third-order valence-electron chi connectivity index (χ3n) is 4.93. The van der Waals surface area contributed by atoms with Gasteiger partial charge in [-0.1, -0.05) is 30.3 Å². The van der Waals surface area contributed by atoms with Crippen molar-refractivity contribution in [1.29, 1.82) is 0 Å². The van der Waals surface area contributed by atoms with Gasteiger partial charge in [0.2, 0.25) is 5.91 Å². The van der Waals surface area contributed by atoms with Crippen molar-refractivity contribution in [3.8, 4) is 0 Å². The number of hydrogen-bond donors (Lipinski definition) is 1. The molecular formula is C22H29N3O. The molecule has 3 rings (SSSR count). The average Bonchev–Trinajstić information content (AvgIpc) is 3.17. The van der Waals surface area contributed by atoms with Gasteiger partial charge in [0.05, 0.1) is 6.54 Å². The highest BCUT2D eigenvalue weighted by Gasteiger charge is 2.15. The molecule has 1 N–H and O–H groups in total. The first kappa shape index (κ1) is 18.5. The van der Waals surface area contributed by atoms with E-state index in [0.29, 0.717) is 12.6 Å². The number of amides is 1. The van der Waals surface area contributed by atoms with Crippen molar-refractivity contribution in [2.24, 2.45) is 0 Å². The van der Waals surface area contributed by atoms with Crippen LogP contribution in [0.3, 0.4) is 0 Å². The van der Waals surface area contributed by atoms with Crippen LogP contribution < -0.4 is 10.2 Å². The van der Waals surface area contributed by atoms with Gasteiger partial charge in [0, 0.05) is 37.1 Å². The van der Waals surface area contributed by atoms with Crippen LogP contribution in [0.1, 0.15) is 32.3 Å². The van der Waals surface area contributed by atoms with Gasteiger partial charge >= 0.3 is 0 Å². The maximum atomic E-state index is 12.5. The molecule has 26 heavy (non-hydrogen) atoms. The smallest absolute Gasteiger partial charge is 0.238 e. The van der Waals surface area contributed by atoms with Crippen LogP contribution in [0.5, 0.6) is 0 Å². The number of carbonyl (C=O) groups is 1. The zero-order valence-electron chi connectivity index (χ0n) is 15.8. The molecular weight excluding hydrogens is 322 g/mol. The third-order valence-corrected chi connectivity index (χ3v) is 4.93. The third kappa shape index (κ3) is 5.09. The maximum absolute atomic E-state index is 12.5. The van der Waals surface area contributed by atoms with Crippen molar-refractivity contribution >= 4 is 17.3 Å². The Morgan fingerprint density at radius 1 is 1.04 bits per heavy atom. The molecule has 1 aliphatic heterocycles. The van der Waals surface area contributed by atoms with E-state index in [9.17, 15) is 4.79 Å². The summed E-state index contributed by atoms with van der Waals surface area (Å²) in [5.41, 5.74) is 3.33. The van der Waals surface area contributed by atoms with Crippen LogP contribution in [0.4, 0.5) is 11.4 Å². The summed E-state index contributed by atoms with van der Waals surface area (Å²) in [5, 5.41) is 3.03. The highest BCUT2D eigenvalue weighted by Crippen LogP contribution is 2.22. The summed E-state index contributed by atoms with van der Waals surface area (Å²) in [6.45, 7) is 7.69. The van der Waals surface area contributed by atoms with Gasteiger partial charge in [-0.05, 0) is 56.5 Å². The molecule has 138 valence electrons. The molecule has 1 heterocycles. The molecule has 0 unspecified atom stereocenters. The van der Waals surface area contributed by atoms with Gasteiger partial charge in [0.1, 0.15) is 0 Å². The Morgan fingerprint density at radius 3 is 2.31 bits per heavy atom. The van der Waals surface area contributed by atoms with Gasteiger partial charge in [-0.25, -0.2) is 0 Å². The number of hydrogen-bond acceptors (Lipinski definition) is 3. The zero-order valence-corrected chi connectivity index (χ0v) is 15.8. The SMILES string of the molecule is CC(C)N(CC(=O)Nc1ccc(N2CCCC2)cc1)Cc1ccccc1. The van der Waals surface area contributed by atoms with E-state index >= 15 is 0 Å². The standard InChI is InChI=1S/C22H29N3O/c1-18(2)25(16-19-8-4-3-5-9-19)17-22(26)23-20-10-12-21(13-11-20)24-14-6-7-15-24/h3-5,8-13,18H,6-7,14-17H2,1-2H3,(H,23,26). The lowest BCUT2D eigenvalue weighted by atomic mass is 10.2. The van der Waals surface area contributed by atoms with Gasteiger partial charge < -0.3 is 10.2 Å². The minimum Gasteiger partial charge on any atom is -0.372 e. The number of carbonyl (C=O) groups excluding carboxylic acids is 1. The lowest BCUT2D eigenvalue weighted by Gasteiger charge is -2.26. The van der Waals surface area contributed by atoms with Crippen LogP contribution in [-0.2, 0) is 11.3 Å². The van der Waals surface area contributed by atoms with Crippen molar-refractivity contribution < 1.29 is 4.79 Å². The summed E-state index contributed by atoms with van der Waals surface area (Å²) in [7, 11) is 0. The number of nitrogens with zero attached hydrogens (tertiary/aromatic N) is 2. The van der Waals surface area contributed by atoms with Crippen molar-refractivity contribution in [3.05, 3.63) is 60.2 Å². The molecule has 1 fully saturated rings. The summed E-state index contributed by atoms with van der Waals surface area (Å²) in [6, 6.07) is 18.8. The van der Waals surface area contributed by atoms with Gasteiger partial charge in [-0.2, -0.15) is 0 Å². The van der Waals surface area contributed by atoms with Gasteiger partial charge in [0.25, 0.3) is 0 Å². The Bertz CT molecular complexity index is 691. The quantitative estimate of drug-likeness (QED) is 0.814. The topological polar surface area (TPSA) is 35.6 Å². The monoisotopic (exact) mass is 351 g/mol. The van der Waals surface area contributed by atoms with Crippen LogP contribution in [0.15, 0.2) is 54.6 Å². The number of anilines is 2. The first-order valence-electron chi connectivity index (χ1n) is 9.54. The second-order valence-electron chi connectivity index (χ2n) is 7.27. The minimum atomic E-state index is 0.0311. The highest BCUT2D eigenvalue weighted by molar-refractivity contribution is 5.92. The van der Waals surface area contributed by atoms with Gasteiger partial charge in [-0.15, -0.1) is 0 Å². The lowest BCUT2D eigenvalue weighted by Crippen LogP contribution is -2.37. The van der Waals surface area contributed by atoms with Crippen LogP contribution in [-0.4, -0.2) is 36.5 Å². The van der Waals surface area contributed by atoms with E-state index < -0.39 is 0 Å². The van der Waals surface area contributed by atoms with Crippen LogP contribution in [0.2, 0.25) is 0 Å². The zero-order chi connectivity index (χ0) is 18.4. The first-order valence-corrected chi connectivity index (χ1v) is 9.54. The molecule has 1 aliphatic rings. The van der Waals surface area contributed by atoms with Crippen LogP contribution in [0, 0.1) is 0 Å². The predicted octanol–water partition coefficient (Wildman–Crippen LogP) is 4.14. The van der Waals surface area contributed by atoms with E-state index in [1.165, 1.54) is 24.1 Å². The van der Waals surface area contributed by atoms with E-state index in [-0.39, 0.29) is 5.91 Å². The summed E-state index contributed by atoms with van der Waals surface area (Å²) in [6.07, 6.45) is 2.54. The van der Waals surface area contributed by atoms with Crippen molar-refractivity contribution in [3.63, 3.8) is 0 Å². The molecule has 0 atom stereocenters. The van der Waals surface area contributed by atoms with Crippen molar-refractivity contribution in [1.82, 2.24) is 4.90 Å². The Kier molecular flexibility index (Phi) is 6.29. The van der Waals surface area contributed by atoms with Gasteiger partial charge in [-0.3, -0.25) is 9.69 Å². The van der Waals surface area contributed by atoms with Crippen molar-refractivity contribution in [2.45, 2.75) is 39.3 Å². The number of rotatable bonds is 7. The van der Waals surface area contributed by atoms with Crippen LogP contribution >= 0.6 is 0 Å². The summed E-state index contributed by atoms with van der Waals surface area (Å²) in [4.78, 5) is 17.1. The first-order chi connectivity index (χ1) is 12.6. The fourth-order valence-electron chi connectivity index (χ4n) is 3.35. The van der Waals surface area contributed by atoms with Crippen molar-refractivity contribution in [2.75, 3.05) is 29.9 Å². The molecule has 1 amide bonds. The normalized spacial score (nSPS) is 14.2. The molecule has 1 saturated heterocycles. The number of benzene rings is 2. The second-order valence-corrected chi connectivity index (χ2v) is 7.27. The Labute approximate surface area is 156 Å². The molecule has 4 heteroatoms. The Balaban J connectivity index is 1.56. The summed E-state index contributed by atoms with van der Waals surface area (Å²) < 4.78 is 0. The molecule has 0 saturated carbocycles. The molecule has 2 aromatic rings. The van der Waals surface area contributed by atoms with E-state index in [0.717, 1.165) is 25.3 Å². The van der Waals surface area contributed by atoms with E-state index in [2.05, 4.69) is 53.2 Å². The molecule has 0 bridgehead atoms. The predicted molar refractivity (Wildman–Crippen MR) is 109 cm³/mol. The lowest BCUT2D eigenvalue weighted by molar-refractivity contribution is -0.117. The average molecular weight is 351 g/mol. The van der Waals surface area contributed by atoms with E-state index in [1.54, 1.807) is 0 Å². The highest BCUT2D eigenvalue weighted by atomic mass is 16.2. The van der Waals surface area contributed by atoms with E-state index in [4.69, 9.17) is 0 Å². The fourth-order valence-corrected chi connectivity index (χ4v) is 3.35. The number of nitrogens with one attached hydrogen (secondary N) is 1. The minimum absolute atomic E-state index is 0.0311.